The second-order valence-electron chi connectivity index (χ2n) is 3.65. The van der Waals surface area contributed by atoms with Gasteiger partial charge in [-0.2, -0.15) is 11.8 Å². The van der Waals surface area contributed by atoms with E-state index in [0.717, 1.165) is 5.75 Å². The molecule has 0 heterocycles. The molecule has 0 aliphatic rings. The van der Waals surface area contributed by atoms with Gasteiger partial charge in [-0.15, -0.1) is 0 Å². The molecule has 0 saturated carbocycles. The van der Waals surface area contributed by atoms with Gasteiger partial charge >= 0.3 is 22.7 Å². The summed E-state index contributed by atoms with van der Waals surface area (Å²) in [4.78, 5) is 20.3. The third kappa shape index (κ3) is 12.3. The van der Waals surface area contributed by atoms with Crippen LogP contribution in [0.1, 0.15) is 13.3 Å². The van der Waals surface area contributed by atoms with Crippen LogP contribution in [0.4, 0.5) is 0 Å². The smallest absolute Gasteiger partial charge is 0.747 e. The van der Waals surface area contributed by atoms with Gasteiger partial charge in [-0.3, -0.25) is 9.59 Å². The van der Waals surface area contributed by atoms with Crippen LogP contribution in [0.3, 0.4) is 0 Å². The fourth-order valence-electron chi connectivity index (χ4n) is 0.919. The predicted molar refractivity (Wildman–Crippen MR) is 72.5 cm³/mol. The van der Waals surface area contributed by atoms with E-state index in [-0.39, 0.29) is 16.8 Å². The molecule has 10 nitrogen and oxygen atoms in total. The van der Waals surface area contributed by atoms with E-state index < -0.39 is 42.6 Å². The summed E-state index contributed by atoms with van der Waals surface area (Å²) < 4.78 is 57.4. The fourth-order valence-corrected chi connectivity index (χ4v) is 3.38. The summed E-state index contributed by atoms with van der Waals surface area (Å²) in [6, 6.07) is -0.683. The Morgan fingerprint density at radius 1 is 1.18 bits per heavy atom. The Labute approximate surface area is 142 Å². The number of carbonyl (C=O) groups is 2. The Hall–Kier alpha value is -0.224. The number of carboxylic acids is 1. The largest absolute Gasteiger partial charge is 2.00 e. The monoisotopic (exact) mass is 424 g/mol. The first-order chi connectivity index (χ1) is 9.25. The molecule has 0 aromatic rings. The Kier molecular flexibility index (Phi) is 13.7. The first-order valence-corrected chi connectivity index (χ1v) is 9.46. The Morgan fingerprint density at radius 2 is 1.55 bits per heavy atom. The van der Waals surface area contributed by atoms with Crippen LogP contribution >= 0.6 is 11.8 Å². The summed E-state index contributed by atoms with van der Waals surface area (Å²) in [5.41, 5.74) is 5.19. The minimum Gasteiger partial charge on any atom is -0.747 e. The third-order valence-corrected chi connectivity index (χ3v) is 5.58. The molecule has 0 spiro atoms. The molecular formula is C8H15CoNO9S3. The number of Topliss-reactive ketones (excluding diaryl/α,β-unsaturated/α-hetero) is 1. The zero-order valence-electron chi connectivity index (χ0n) is 11.4. The van der Waals surface area contributed by atoms with E-state index in [4.69, 9.17) is 10.8 Å². The summed E-state index contributed by atoms with van der Waals surface area (Å²) in [5, 5.41) is 8.27. The van der Waals surface area contributed by atoms with E-state index in [0.29, 0.717) is 13.3 Å². The molecule has 0 aliphatic carbocycles. The van der Waals surface area contributed by atoms with Gasteiger partial charge in [0.25, 0.3) is 0 Å². The van der Waals surface area contributed by atoms with Crippen LogP contribution in [0, 0.1) is 0 Å². The standard InChI is InChI=1S/C5H11NO2S.C3H6O7S2.Co/c1-9-3-2-4(6)5(7)8;1-2(4)3(11(5,6)7)12(8,9)10;/h4H,2-3,6H2,1H3,(H,7,8);3H,1H3,(H,5,6,7)(H,8,9,10);/q;;+2/p-2/t4-;;/m1../s1. The van der Waals surface area contributed by atoms with Crippen molar-refractivity contribution in [3.05, 3.63) is 0 Å². The second kappa shape index (κ2) is 11.3. The molecule has 0 aromatic heterocycles. The van der Waals surface area contributed by atoms with Crippen LogP contribution in [0.2, 0.25) is 0 Å². The number of carboxylic acid groups (broad SMARTS) is 1. The molecule has 0 aliphatic heterocycles. The van der Waals surface area contributed by atoms with Gasteiger partial charge in [0.15, 0.2) is 10.4 Å². The van der Waals surface area contributed by atoms with Crippen LogP contribution in [-0.4, -0.2) is 65.4 Å². The molecule has 22 heavy (non-hydrogen) atoms. The van der Waals surface area contributed by atoms with Crippen molar-refractivity contribution in [3.63, 3.8) is 0 Å². The molecule has 3 N–H and O–H groups in total. The maximum atomic E-state index is 10.3. The third-order valence-electron chi connectivity index (χ3n) is 1.81. The average Bonchev–Trinajstić information content (AvgIpc) is 2.21. The molecule has 0 bridgehead atoms. The summed E-state index contributed by atoms with van der Waals surface area (Å²) in [6.07, 6.45) is 2.48. The van der Waals surface area contributed by atoms with Gasteiger partial charge in [-0.25, -0.2) is 16.8 Å². The van der Waals surface area contributed by atoms with Crippen molar-refractivity contribution in [3.8, 4) is 0 Å². The van der Waals surface area contributed by atoms with Crippen LogP contribution in [0.25, 0.3) is 0 Å². The molecule has 0 unspecified atom stereocenters. The van der Waals surface area contributed by atoms with Gasteiger partial charge in [0, 0.05) is 0 Å². The van der Waals surface area contributed by atoms with Gasteiger partial charge in [-0.05, 0) is 25.4 Å². The first-order valence-electron chi connectivity index (χ1n) is 5.12. The maximum Gasteiger partial charge on any atom is 2.00 e. The van der Waals surface area contributed by atoms with E-state index in [1.54, 1.807) is 11.8 Å². The molecule has 0 saturated heterocycles. The van der Waals surface area contributed by atoms with Gasteiger partial charge in [0.1, 0.15) is 26.3 Å². The molecule has 133 valence electrons. The molecule has 0 rings (SSSR count). The number of nitrogens with two attached hydrogens (primary N) is 1. The van der Waals surface area contributed by atoms with Gasteiger partial charge in [0.2, 0.25) is 0 Å². The van der Waals surface area contributed by atoms with Crippen molar-refractivity contribution in [2.75, 3.05) is 12.0 Å². The van der Waals surface area contributed by atoms with E-state index in [2.05, 4.69) is 0 Å². The van der Waals surface area contributed by atoms with Crippen molar-refractivity contribution in [2.45, 2.75) is 24.0 Å². The van der Waals surface area contributed by atoms with Crippen molar-refractivity contribution in [1.29, 1.82) is 0 Å². The number of thioether (sulfide) groups is 1. The van der Waals surface area contributed by atoms with Crippen LogP contribution in [0.5, 0.6) is 0 Å². The van der Waals surface area contributed by atoms with Crippen molar-refractivity contribution in [2.24, 2.45) is 5.73 Å². The minimum atomic E-state index is -5.42. The van der Waals surface area contributed by atoms with Crippen LogP contribution in [0.15, 0.2) is 0 Å². The zero-order valence-corrected chi connectivity index (χ0v) is 14.9. The molecule has 14 heteroatoms. The van der Waals surface area contributed by atoms with E-state index >= 15 is 0 Å². The summed E-state index contributed by atoms with van der Waals surface area (Å²) >= 11 is 1.60. The number of aliphatic carboxylic acids is 1. The Balaban J connectivity index is -0.000000326. The van der Waals surface area contributed by atoms with Crippen molar-refractivity contribution < 1.29 is 57.4 Å². The van der Waals surface area contributed by atoms with Gasteiger partial charge in [-0.1, -0.05) is 0 Å². The normalized spacial score (nSPS) is 12.6. The molecule has 0 aromatic carbocycles. The topological polar surface area (TPSA) is 195 Å². The fraction of sp³-hybridized carbons (Fsp3) is 0.750. The van der Waals surface area contributed by atoms with Crippen molar-refractivity contribution >= 4 is 43.8 Å². The summed E-state index contributed by atoms with van der Waals surface area (Å²) in [7, 11) is -10.8. The number of rotatable bonds is 7. The van der Waals surface area contributed by atoms with Crippen LogP contribution < -0.4 is 5.73 Å². The molecule has 1 atom stereocenters. The molecule has 0 fully saturated rings. The molecule has 1 radical (unpaired) electrons. The predicted octanol–water partition coefficient (Wildman–Crippen LogP) is -1.86. The Bertz CT molecular complexity index is 527. The number of hydrogen-bond donors (Lipinski definition) is 2. The zero-order chi connectivity index (χ0) is 17.4. The van der Waals surface area contributed by atoms with E-state index in [1.165, 1.54) is 0 Å². The quantitative estimate of drug-likeness (QED) is 0.435. The van der Waals surface area contributed by atoms with Crippen molar-refractivity contribution in [1.82, 2.24) is 0 Å². The number of ketones is 1. The first kappa shape index (κ1) is 26.7. The summed E-state index contributed by atoms with van der Waals surface area (Å²) in [5.74, 6) is -1.60. The van der Waals surface area contributed by atoms with E-state index in [9.17, 15) is 35.5 Å². The summed E-state index contributed by atoms with van der Waals surface area (Å²) in [6.45, 7) is 0.537. The van der Waals surface area contributed by atoms with E-state index in [1.807, 2.05) is 6.26 Å². The molecular weight excluding hydrogens is 409 g/mol. The maximum absolute atomic E-state index is 10.3. The second-order valence-corrected chi connectivity index (χ2v) is 7.85. The van der Waals surface area contributed by atoms with Gasteiger partial charge < -0.3 is 19.9 Å². The van der Waals surface area contributed by atoms with Gasteiger partial charge in [0.05, 0.1) is 0 Å². The average molecular weight is 424 g/mol. The molecule has 0 amide bonds. The Morgan fingerprint density at radius 3 is 1.68 bits per heavy atom. The number of carbonyl (C=O) groups excluding carboxylic acids is 1. The minimum absolute atomic E-state index is 0. The van der Waals surface area contributed by atoms with Crippen LogP contribution in [-0.2, 0) is 46.6 Å². The SMILES string of the molecule is CC(=O)C(S(=O)(=O)[O-])S(=O)(=O)[O-].CSCC[C@@H](N)C(=O)O.[Co+2]. The number of hydrogen-bond acceptors (Lipinski definition) is 10.